The first kappa shape index (κ1) is 22.6. The van der Waals surface area contributed by atoms with Gasteiger partial charge in [-0.2, -0.15) is 5.26 Å². The highest BCUT2D eigenvalue weighted by atomic mass is 32.1. The zero-order valence-electron chi connectivity index (χ0n) is 18.6. The number of ether oxygens (including phenoxy) is 1. The molecule has 0 fully saturated rings. The summed E-state index contributed by atoms with van der Waals surface area (Å²) in [5, 5.41) is 13.2. The molecular formula is C24H25N5O3S. The van der Waals surface area contributed by atoms with Gasteiger partial charge in [0, 0.05) is 30.2 Å². The largest absolute Gasteiger partial charge is 0.496 e. The Balaban J connectivity index is 1.43. The molecule has 1 unspecified atom stereocenters. The van der Waals surface area contributed by atoms with E-state index in [0.29, 0.717) is 36.5 Å². The molecule has 2 aromatic heterocycles. The van der Waals surface area contributed by atoms with Gasteiger partial charge in [-0.15, -0.1) is 11.3 Å². The lowest BCUT2D eigenvalue weighted by Gasteiger charge is -2.29. The highest BCUT2D eigenvalue weighted by Crippen LogP contribution is 2.37. The summed E-state index contributed by atoms with van der Waals surface area (Å²) in [6.45, 7) is 2.82. The first-order valence-corrected chi connectivity index (χ1v) is 11.6. The second-order valence-electron chi connectivity index (χ2n) is 7.88. The number of methoxy groups -OCH3 is 1. The molecule has 0 saturated carbocycles. The number of aryl methyl sites for hydroxylation is 1. The van der Waals surface area contributed by atoms with Crippen molar-refractivity contribution in [2.24, 2.45) is 0 Å². The van der Waals surface area contributed by atoms with E-state index in [1.54, 1.807) is 35.3 Å². The van der Waals surface area contributed by atoms with Gasteiger partial charge in [-0.05, 0) is 37.0 Å². The number of carbonyl (C=O) groups excluding carboxylic acids is 2. The average Bonchev–Trinajstić information content (AvgIpc) is 3.49. The third-order valence-corrected chi connectivity index (χ3v) is 7.01. The van der Waals surface area contributed by atoms with Gasteiger partial charge in [0.25, 0.3) is 0 Å². The van der Waals surface area contributed by atoms with Crippen LogP contribution in [0.2, 0.25) is 0 Å². The summed E-state index contributed by atoms with van der Waals surface area (Å²) >= 11 is 1.38. The van der Waals surface area contributed by atoms with Crippen LogP contribution in [-0.4, -0.2) is 39.9 Å². The van der Waals surface area contributed by atoms with E-state index in [0.717, 1.165) is 21.8 Å². The van der Waals surface area contributed by atoms with Gasteiger partial charge in [0.05, 0.1) is 25.5 Å². The van der Waals surface area contributed by atoms with Crippen LogP contribution in [0.1, 0.15) is 41.0 Å². The van der Waals surface area contributed by atoms with Crippen molar-refractivity contribution in [2.75, 3.05) is 19.0 Å². The SMILES string of the molecule is COc1ccccc1CCC(=O)Nc1sc2c(c1C#N)CCN(C(=O)C(C)n1ccnc1)C2. The number of benzene rings is 1. The van der Waals surface area contributed by atoms with Crippen molar-refractivity contribution in [2.45, 2.75) is 38.8 Å². The molecular weight excluding hydrogens is 438 g/mol. The maximum Gasteiger partial charge on any atom is 0.245 e. The van der Waals surface area contributed by atoms with Crippen LogP contribution >= 0.6 is 11.3 Å². The van der Waals surface area contributed by atoms with Crippen LogP contribution in [0.3, 0.4) is 0 Å². The van der Waals surface area contributed by atoms with Gasteiger partial charge in [0.15, 0.2) is 0 Å². The molecule has 1 aliphatic heterocycles. The highest BCUT2D eigenvalue weighted by molar-refractivity contribution is 7.16. The van der Waals surface area contributed by atoms with E-state index in [4.69, 9.17) is 4.74 Å². The van der Waals surface area contributed by atoms with Crippen molar-refractivity contribution < 1.29 is 14.3 Å². The third kappa shape index (κ3) is 4.76. The molecule has 0 spiro atoms. The standard InChI is InChI=1S/C24H25N5O3S/c1-16(29-12-10-26-15-29)24(31)28-11-9-18-19(13-25)23(33-21(18)14-28)27-22(30)8-7-17-5-3-4-6-20(17)32-2/h3-6,10,12,15-16H,7-9,11,14H2,1-2H3,(H,27,30). The minimum Gasteiger partial charge on any atom is -0.496 e. The molecule has 0 bridgehead atoms. The molecule has 1 N–H and O–H groups in total. The molecule has 0 saturated heterocycles. The molecule has 9 heteroatoms. The fraction of sp³-hybridized carbons (Fsp3) is 0.333. The van der Waals surface area contributed by atoms with E-state index in [-0.39, 0.29) is 24.3 Å². The minimum absolute atomic E-state index is 0.00736. The predicted octanol–water partition coefficient (Wildman–Crippen LogP) is 3.54. The second-order valence-corrected chi connectivity index (χ2v) is 8.98. The number of hydrogen-bond acceptors (Lipinski definition) is 6. The monoisotopic (exact) mass is 463 g/mol. The number of nitrogens with zero attached hydrogens (tertiary/aromatic N) is 4. The Kier molecular flexibility index (Phi) is 6.75. The van der Waals surface area contributed by atoms with Crippen LogP contribution in [0, 0.1) is 11.3 Å². The normalized spacial score (nSPS) is 13.7. The van der Waals surface area contributed by atoms with Crippen molar-refractivity contribution in [3.63, 3.8) is 0 Å². The molecule has 0 aliphatic carbocycles. The van der Waals surface area contributed by atoms with Gasteiger partial charge in [-0.1, -0.05) is 18.2 Å². The number of imidazole rings is 1. The molecule has 0 radical (unpaired) electrons. The minimum atomic E-state index is -0.349. The molecule has 3 aromatic rings. The lowest BCUT2D eigenvalue weighted by atomic mass is 10.0. The van der Waals surface area contributed by atoms with Gasteiger partial charge in [0.1, 0.15) is 22.9 Å². The average molecular weight is 464 g/mol. The quantitative estimate of drug-likeness (QED) is 0.578. The highest BCUT2D eigenvalue weighted by Gasteiger charge is 2.30. The molecule has 4 rings (SSSR count). The second kappa shape index (κ2) is 9.88. The zero-order valence-corrected chi connectivity index (χ0v) is 19.4. The van der Waals surface area contributed by atoms with Crippen LogP contribution in [0.5, 0.6) is 5.75 Å². The van der Waals surface area contributed by atoms with Crippen LogP contribution in [0.25, 0.3) is 0 Å². The fourth-order valence-electron chi connectivity index (χ4n) is 4.04. The lowest BCUT2D eigenvalue weighted by molar-refractivity contribution is -0.135. The molecule has 33 heavy (non-hydrogen) atoms. The lowest BCUT2D eigenvalue weighted by Crippen LogP contribution is -2.39. The van der Waals surface area contributed by atoms with E-state index in [1.165, 1.54) is 11.3 Å². The van der Waals surface area contributed by atoms with Gasteiger partial charge in [0.2, 0.25) is 11.8 Å². The van der Waals surface area contributed by atoms with E-state index in [1.807, 2.05) is 31.2 Å². The van der Waals surface area contributed by atoms with E-state index in [9.17, 15) is 14.9 Å². The summed E-state index contributed by atoms with van der Waals surface area (Å²) < 4.78 is 7.13. The van der Waals surface area contributed by atoms with E-state index in [2.05, 4.69) is 16.4 Å². The number of hydrogen-bond donors (Lipinski definition) is 1. The number of thiophene rings is 1. The van der Waals surface area contributed by atoms with Gasteiger partial charge >= 0.3 is 0 Å². The summed E-state index contributed by atoms with van der Waals surface area (Å²) in [6.07, 6.45) is 6.47. The Bertz CT molecular complexity index is 1200. The van der Waals surface area contributed by atoms with Crippen molar-refractivity contribution in [1.82, 2.24) is 14.5 Å². The van der Waals surface area contributed by atoms with Crippen molar-refractivity contribution in [3.05, 3.63) is 64.6 Å². The molecule has 1 aliphatic rings. The number of carbonyl (C=O) groups is 2. The first-order chi connectivity index (χ1) is 16.0. The summed E-state index contributed by atoms with van der Waals surface area (Å²) in [5.41, 5.74) is 2.40. The maximum absolute atomic E-state index is 13.0. The molecule has 3 heterocycles. The topological polar surface area (TPSA) is 100 Å². The Morgan fingerprint density at radius 2 is 2.18 bits per heavy atom. The molecule has 1 atom stereocenters. The Labute approximate surface area is 196 Å². The smallest absolute Gasteiger partial charge is 0.245 e. The summed E-state index contributed by atoms with van der Waals surface area (Å²) in [5.74, 6) is 0.606. The number of rotatable bonds is 7. The zero-order chi connectivity index (χ0) is 23.4. The number of nitriles is 1. The number of aromatic nitrogens is 2. The summed E-state index contributed by atoms with van der Waals surface area (Å²) in [4.78, 5) is 32.4. The van der Waals surface area contributed by atoms with Gasteiger partial charge in [-0.25, -0.2) is 4.98 Å². The van der Waals surface area contributed by atoms with Crippen LogP contribution in [-0.2, 0) is 29.0 Å². The van der Waals surface area contributed by atoms with Crippen LogP contribution in [0.15, 0.2) is 43.0 Å². The van der Waals surface area contributed by atoms with Crippen molar-refractivity contribution >= 4 is 28.2 Å². The number of anilines is 1. The first-order valence-electron chi connectivity index (χ1n) is 10.7. The predicted molar refractivity (Wildman–Crippen MR) is 125 cm³/mol. The molecule has 1 aromatic carbocycles. The van der Waals surface area contributed by atoms with Crippen molar-refractivity contribution in [3.8, 4) is 11.8 Å². The molecule has 8 nitrogen and oxygen atoms in total. The Morgan fingerprint density at radius 3 is 2.91 bits per heavy atom. The number of nitrogens with one attached hydrogen (secondary N) is 1. The Hall–Kier alpha value is -3.64. The van der Waals surface area contributed by atoms with Crippen LogP contribution < -0.4 is 10.1 Å². The Morgan fingerprint density at radius 1 is 1.36 bits per heavy atom. The molecule has 170 valence electrons. The maximum atomic E-state index is 13.0. The van der Waals surface area contributed by atoms with Gasteiger partial charge < -0.3 is 19.5 Å². The number of para-hydroxylation sites is 1. The van der Waals surface area contributed by atoms with Crippen LogP contribution in [0.4, 0.5) is 5.00 Å². The fourth-order valence-corrected chi connectivity index (χ4v) is 5.26. The number of amides is 2. The van der Waals surface area contributed by atoms with Gasteiger partial charge in [-0.3, -0.25) is 9.59 Å². The van der Waals surface area contributed by atoms with Crippen molar-refractivity contribution in [1.29, 1.82) is 5.26 Å². The molecule has 2 amide bonds. The van der Waals surface area contributed by atoms with E-state index < -0.39 is 0 Å². The summed E-state index contributed by atoms with van der Waals surface area (Å²) in [6, 6.07) is 9.51. The number of fused-ring (bicyclic) bond motifs is 1. The third-order valence-electron chi connectivity index (χ3n) is 5.88. The van der Waals surface area contributed by atoms with E-state index >= 15 is 0 Å². The summed E-state index contributed by atoms with van der Waals surface area (Å²) in [7, 11) is 1.61.